The zero-order valence-electron chi connectivity index (χ0n) is 16.1. The molecule has 0 spiro atoms. The molecule has 0 saturated heterocycles. The fraction of sp³-hybridized carbons (Fsp3) is 0.696. The zero-order valence-corrected chi connectivity index (χ0v) is 16.1. The monoisotopic (exact) mass is 346 g/mol. The first-order chi connectivity index (χ1) is 12.2. The van der Waals surface area contributed by atoms with Crippen molar-refractivity contribution in [3.63, 3.8) is 0 Å². The van der Waals surface area contributed by atoms with E-state index in [0.29, 0.717) is 0 Å². The van der Waals surface area contributed by atoms with Gasteiger partial charge in [0, 0.05) is 6.08 Å². The number of rotatable bonds is 2. The fourth-order valence-corrected chi connectivity index (χ4v) is 3.67. The number of allylic oxidation sites excluding steroid dienone is 4. The van der Waals surface area contributed by atoms with E-state index in [4.69, 9.17) is 5.11 Å². The van der Waals surface area contributed by atoms with E-state index in [9.17, 15) is 4.79 Å². The summed E-state index contributed by atoms with van der Waals surface area (Å²) in [6.45, 7) is 2.96. The van der Waals surface area contributed by atoms with Crippen molar-refractivity contribution in [2.24, 2.45) is 0 Å². The molecule has 0 aromatic rings. The molecular weight excluding hydrogens is 308 g/mol. The van der Waals surface area contributed by atoms with Gasteiger partial charge < -0.3 is 5.11 Å². The predicted octanol–water partition coefficient (Wildman–Crippen LogP) is 7.37. The van der Waals surface area contributed by atoms with Crippen molar-refractivity contribution in [1.82, 2.24) is 0 Å². The molecule has 0 bridgehead atoms. The molecule has 2 aliphatic carbocycles. The van der Waals surface area contributed by atoms with Gasteiger partial charge in [-0.15, -0.1) is 0 Å². The third kappa shape index (κ3) is 11.8. The first-order valence-corrected chi connectivity index (χ1v) is 10.5. The summed E-state index contributed by atoms with van der Waals surface area (Å²) in [5.41, 5.74) is 3.46. The van der Waals surface area contributed by atoms with Crippen LogP contribution in [0.2, 0.25) is 0 Å². The van der Waals surface area contributed by atoms with Gasteiger partial charge in [0.25, 0.3) is 0 Å². The van der Waals surface area contributed by atoms with Gasteiger partial charge in [-0.2, -0.15) is 0 Å². The molecule has 0 saturated carbocycles. The van der Waals surface area contributed by atoms with E-state index in [1.807, 2.05) is 0 Å². The maximum Gasteiger partial charge on any atom is 0.327 e. The standard InChI is InChI=1S/C20H34.C3H4O2/c1-3-7-11-15-19(16-12-8-4-1)20-17-13-9-5-2-6-10-14-18-20;1-2-3(4)5/h15,17H,1-14,16,18H2;2H,1H2,(H,4,5)/b19-15-,20-17+;. The highest BCUT2D eigenvalue weighted by atomic mass is 16.4. The van der Waals surface area contributed by atoms with Crippen molar-refractivity contribution >= 4 is 5.97 Å². The number of carboxylic acids is 1. The van der Waals surface area contributed by atoms with Crippen LogP contribution < -0.4 is 0 Å². The van der Waals surface area contributed by atoms with Gasteiger partial charge >= 0.3 is 5.97 Å². The summed E-state index contributed by atoms with van der Waals surface area (Å²) in [6, 6.07) is 0. The Morgan fingerprint density at radius 3 is 1.40 bits per heavy atom. The highest BCUT2D eigenvalue weighted by molar-refractivity contribution is 5.78. The van der Waals surface area contributed by atoms with Crippen LogP contribution in [-0.4, -0.2) is 11.1 Å². The second-order valence-electron chi connectivity index (χ2n) is 7.32. The summed E-state index contributed by atoms with van der Waals surface area (Å²) >= 11 is 0. The third-order valence-corrected chi connectivity index (χ3v) is 5.17. The van der Waals surface area contributed by atoms with Crippen LogP contribution in [0.25, 0.3) is 0 Å². The molecule has 0 unspecified atom stereocenters. The van der Waals surface area contributed by atoms with Crippen molar-refractivity contribution < 1.29 is 9.90 Å². The summed E-state index contributed by atoms with van der Waals surface area (Å²) < 4.78 is 0. The Labute approximate surface area is 155 Å². The van der Waals surface area contributed by atoms with E-state index >= 15 is 0 Å². The van der Waals surface area contributed by atoms with Crippen LogP contribution in [0.3, 0.4) is 0 Å². The molecule has 1 N–H and O–H groups in total. The number of hydrogen-bond donors (Lipinski definition) is 1. The Bertz CT molecular complexity index is 399. The fourth-order valence-electron chi connectivity index (χ4n) is 3.67. The molecular formula is C23H38O2. The molecule has 25 heavy (non-hydrogen) atoms. The Morgan fingerprint density at radius 1 is 0.720 bits per heavy atom. The van der Waals surface area contributed by atoms with Crippen molar-refractivity contribution in [3.8, 4) is 0 Å². The minimum Gasteiger partial charge on any atom is -0.478 e. The Morgan fingerprint density at radius 2 is 1.04 bits per heavy atom. The molecule has 2 aliphatic rings. The third-order valence-electron chi connectivity index (χ3n) is 5.17. The molecule has 0 amide bonds. The highest BCUT2D eigenvalue weighted by Crippen LogP contribution is 2.27. The van der Waals surface area contributed by atoms with Gasteiger partial charge in [-0.05, 0) is 62.5 Å². The van der Waals surface area contributed by atoms with E-state index < -0.39 is 5.97 Å². The Balaban J connectivity index is 0.000000550. The van der Waals surface area contributed by atoms with Gasteiger partial charge in [0.05, 0.1) is 0 Å². The lowest BCUT2D eigenvalue weighted by molar-refractivity contribution is -0.131. The summed E-state index contributed by atoms with van der Waals surface area (Å²) in [5, 5.41) is 7.60. The summed E-state index contributed by atoms with van der Waals surface area (Å²) in [5.74, 6) is -0.981. The zero-order chi connectivity index (χ0) is 18.2. The number of hydrogen-bond acceptors (Lipinski definition) is 1. The maximum absolute atomic E-state index is 9.25. The first kappa shape index (κ1) is 21.7. The van der Waals surface area contributed by atoms with Crippen LogP contribution in [0, 0.1) is 0 Å². The van der Waals surface area contributed by atoms with Gasteiger partial charge in [0.2, 0.25) is 0 Å². The minimum absolute atomic E-state index is 0.833. The quantitative estimate of drug-likeness (QED) is 0.530. The molecule has 0 aliphatic heterocycles. The van der Waals surface area contributed by atoms with E-state index in [1.54, 1.807) is 11.1 Å². The summed E-state index contributed by atoms with van der Waals surface area (Å²) in [4.78, 5) is 9.25. The van der Waals surface area contributed by atoms with Crippen LogP contribution in [-0.2, 0) is 4.79 Å². The lowest BCUT2D eigenvalue weighted by Crippen LogP contribution is -1.96. The topological polar surface area (TPSA) is 37.3 Å². The van der Waals surface area contributed by atoms with E-state index in [2.05, 4.69) is 18.7 Å². The van der Waals surface area contributed by atoms with Crippen LogP contribution in [0.15, 0.2) is 36.0 Å². The second-order valence-corrected chi connectivity index (χ2v) is 7.32. The van der Waals surface area contributed by atoms with E-state index in [0.717, 1.165) is 6.08 Å². The highest BCUT2D eigenvalue weighted by Gasteiger charge is 2.08. The normalized spacial score (nSPS) is 25.0. The van der Waals surface area contributed by atoms with Gasteiger partial charge in [-0.3, -0.25) is 0 Å². The molecule has 142 valence electrons. The van der Waals surface area contributed by atoms with Crippen LogP contribution in [0.1, 0.15) is 103 Å². The average molecular weight is 347 g/mol. The summed E-state index contributed by atoms with van der Waals surface area (Å²) in [6.07, 6.45) is 28.7. The van der Waals surface area contributed by atoms with Crippen LogP contribution >= 0.6 is 0 Å². The largest absolute Gasteiger partial charge is 0.478 e. The molecule has 2 nitrogen and oxygen atoms in total. The first-order valence-electron chi connectivity index (χ1n) is 10.5. The molecule has 0 radical (unpaired) electrons. The Hall–Kier alpha value is -1.31. The van der Waals surface area contributed by atoms with Crippen LogP contribution in [0.4, 0.5) is 0 Å². The minimum atomic E-state index is -0.981. The molecule has 0 fully saturated rings. The number of carbonyl (C=O) groups is 1. The van der Waals surface area contributed by atoms with Crippen molar-refractivity contribution in [2.75, 3.05) is 0 Å². The predicted molar refractivity (Wildman–Crippen MR) is 108 cm³/mol. The molecule has 2 rings (SSSR count). The van der Waals surface area contributed by atoms with Gasteiger partial charge in [0.1, 0.15) is 0 Å². The average Bonchev–Trinajstić information content (AvgIpc) is 2.64. The molecule has 0 heterocycles. The lowest BCUT2D eigenvalue weighted by Gasteiger charge is -2.16. The molecule has 2 heteroatoms. The number of carboxylic acid groups (broad SMARTS) is 1. The van der Waals surface area contributed by atoms with Gasteiger partial charge in [-0.25, -0.2) is 4.79 Å². The molecule has 0 aromatic heterocycles. The van der Waals surface area contributed by atoms with Crippen molar-refractivity contribution in [3.05, 3.63) is 36.0 Å². The van der Waals surface area contributed by atoms with Crippen LogP contribution in [0.5, 0.6) is 0 Å². The molecule has 0 atom stereocenters. The number of aliphatic carboxylic acids is 1. The van der Waals surface area contributed by atoms with E-state index in [1.165, 1.54) is 103 Å². The van der Waals surface area contributed by atoms with E-state index in [-0.39, 0.29) is 0 Å². The smallest absolute Gasteiger partial charge is 0.327 e. The molecule has 0 aromatic carbocycles. The lowest BCUT2D eigenvalue weighted by atomic mass is 9.90. The van der Waals surface area contributed by atoms with Crippen molar-refractivity contribution in [2.45, 2.75) is 103 Å². The maximum atomic E-state index is 9.25. The summed E-state index contributed by atoms with van der Waals surface area (Å²) in [7, 11) is 0. The van der Waals surface area contributed by atoms with Crippen molar-refractivity contribution in [1.29, 1.82) is 0 Å². The second kappa shape index (κ2) is 15.0. The van der Waals surface area contributed by atoms with Gasteiger partial charge in [0.15, 0.2) is 0 Å². The SMILES string of the molecule is C1=C(\C2=C\CCCCCCCC2)CCCCCCCC/1.C=CC(=O)O. The Kier molecular flexibility index (Phi) is 13.0. The van der Waals surface area contributed by atoms with Gasteiger partial charge in [-0.1, -0.05) is 70.1 Å².